The van der Waals surface area contributed by atoms with Gasteiger partial charge in [-0.3, -0.25) is 4.79 Å². The highest BCUT2D eigenvalue weighted by Crippen LogP contribution is 2.26. The van der Waals surface area contributed by atoms with Gasteiger partial charge in [0.25, 0.3) is 5.91 Å². The molecule has 142 valence electrons. The monoisotopic (exact) mass is 372 g/mol. The van der Waals surface area contributed by atoms with E-state index in [1.807, 2.05) is 36.4 Å². The highest BCUT2D eigenvalue weighted by atomic mass is 16.1. The summed E-state index contributed by atoms with van der Waals surface area (Å²) in [5, 5.41) is 7.58. The largest absolute Gasteiger partial charge is 0.369 e. The van der Waals surface area contributed by atoms with Gasteiger partial charge in [0.2, 0.25) is 0 Å². The predicted molar refractivity (Wildman–Crippen MR) is 113 cm³/mol. The number of para-hydroxylation sites is 2. The molecule has 1 aliphatic heterocycles. The van der Waals surface area contributed by atoms with E-state index in [0.29, 0.717) is 17.6 Å². The van der Waals surface area contributed by atoms with E-state index in [0.717, 1.165) is 49.1 Å². The number of aromatic nitrogens is 1. The number of hydrogen-bond donors (Lipinski definition) is 2. The van der Waals surface area contributed by atoms with E-state index in [1.54, 1.807) is 0 Å². The minimum atomic E-state index is 0.00137. The first-order chi connectivity index (χ1) is 13.8. The smallest absolute Gasteiger partial charge is 0.252 e. The van der Waals surface area contributed by atoms with Crippen LogP contribution in [0, 0.1) is 0 Å². The Bertz CT molecular complexity index is 1000. The maximum Gasteiger partial charge on any atom is 0.252 e. The van der Waals surface area contributed by atoms with Crippen molar-refractivity contribution in [1.82, 2.24) is 10.3 Å². The Kier molecular flexibility index (Phi) is 4.35. The van der Waals surface area contributed by atoms with E-state index < -0.39 is 0 Å². The fourth-order valence-corrected chi connectivity index (χ4v) is 3.89. The number of nitrogens with zero attached hydrogens (tertiary/aromatic N) is 2. The molecule has 0 bridgehead atoms. The zero-order valence-electron chi connectivity index (χ0n) is 15.8. The van der Waals surface area contributed by atoms with Crippen LogP contribution in [0.15, 0.2) is 60.7 Å². The van der Waals surface area contributed by atoms with Crippen molar-refractivity contribution in [3.05, 3.63) is 66.2 Å². The second-order valence-corrected chi connectivity index (χ2v) is 7.73. The molecule has 1 aromatic heterocycles. The molecule has 1 saturated heterocycles. The van der Waals surface area contributed by atoms with Gasteiger partial charge < -0.3 is 15.5 Å². The number of pyridine rings is 1. The number of fused-ring (bicyclic) bond motifs is 1. The molecule has 28 heavy (non-hydrogen) atoms. The van der Waals surface area contributed by atoms with Crippen molar-refractivity contribution >= 4 is 28.3 Å². The average molecular weight is 372 g/mol. The highest BCUT2D eigenvalue weighted by molar-refractivity contribution is 6.07. The van der Waals surface area contributed by atoms with E-state index >= 15 is 0 Å². The van der Waals surface area contributed by atoms with Crippen LogP contribution < -0.4 is 15.5 Å². The summed E-state index contributed by atoms with van der Waals surface area (Å²) < 4.78 is 0. The van der Waals surface area contributed by atoms with Gasteiger partial charge in [-0.1, -0.05) is 36.4 Å². The number of carbonyl (C=O) groups excluding carboxylic acids is 1. The Labute approximate surface area is 164 Å². The third-order valence-corrected chi connectivity index (χ3v) is 5.53. The number of benzene rings is 2. The van der Waals surface area contributed by atoms with Crippen molar-refractivity contribution in [2.24, 2.45) is 0 Å². The van der Waals surface area contributed by atoms with Crippen molar-refractivity contribution in [3.8, 4) is 0 Å². The molecular weight excluding hydrogens is 348 g/mol. The predicted octanol–water partition coefficient (Wildman–Crippen LogP) is 3.82. The van der Waals surface area contributed by atoms with Crippen LogP contribution in [0.2, 0.25) is 0 Å². The summed E-state index contributed by atoms with van der Waals surface area (Å²) >= 11 is 0. The first-order valence-electron chi connectivity index (χ1n) is 10.0. The van der Waals surface area contributed by atoms with Crippen molar-refractivity contribution in [1.29, 1.82) is 0 Å². The molecule has 3 aromatic rings. The maximum absolute atomic E-state index is 12.8. The average Bonchev–Trinajstić information content (AvgIpc) is 3.42. The van der Waals surface area contributed by atoms with E-state index in [9.17, 15) is 4.79 Å². The normalized spacial score (nSPS) is 19.0. The summed E-state index contributed by atoms with van der Waals surface area (Å²) in [6.07, 6.45) is 3.21. The van der Waals surface area contributed by atoms with Gasteiger partial charge in [-0.05, 0) is 43.5 Å². The lowest BCUT2D eigenvalue weighted by atomic mass is 10.1. The van der Waals surface area contributed by atoms with E-state index in [2.05, 4.69) is 39.8 Å². The number of nitrogens with one attached hydrogen (secondary N) is 2. The molecule has 0 radical (unpaired) electrons. The van der Waals surface area contributed by atoms with E-state index in [1.165, 1.54) is 5.69 Å². The van der Waals surface area contributed by atoms with Gasteiger partial charge in [-0.2, -0.15) is 0 Å². The molecule has 5 rings (SSSR count). The summed E-state index contributed by atoms with van der Waals surface area (Å²) in [5.41, 5.74) is 2.81. The second kappa shape index (κ2) is 7.15. The van der Waals surface area contributed by atoms with Crippen molar-refractivity contribution in [2.45, 2.75) is 31.3 Å². The molecule has 2 heterocycles. The van der Waals surface area contributed by atoms with Gasteiger partial charge in [0.1, 0.15) is 5.82 Å². The van der Waals surface area contributed by atoms with Crippen LogP contribution in [0.3, 0.4) is 0 Å². The Morgan fingerprint density at radius 1 is 0.964 bits per heavy atom. The third-order valence-electron chi connectivity index (χ3n) is 5.53. The van der Waals surface area contributed by atoms with Crippen LogP contribution >= 0.6 is 0 Å². The van der Waals surface area contributed by atoms with E-state index in [-0.39, 0.29) is 5.91 Å². The van der Waals surface area contributed by atoms with Crippen LogP contribution in [0.4, 0.5) is 11.5 Å². The summed E-state index contributed by atoms with van der Waals surface area (Å²) in [5.74, 6) is 0.779. The highest BCUT2D eigenvalue weighted by Gasteiger charge is 2.26. The quantitative estimate of drug-likeness (QED) is 0.715. The zero-order chi connectivity index (χ0) is 18.9. The minimum absolute atomic E-state index is 0.00137. The summed E-state index contributed by atoms with van der Waals surface area (Å²) in [6, 6.07) is 20.9. The van der Waals surface area contributed by atoms with Crippen LogP contribution in [0.25, 0.3) is 10.9 Å². The van der Waals surface area contributed by atoms with Crippen LogP contribution in [0.5, 0.6) is 0 Å². The Hall–Kier alpha value is -3.08. The third kappa shape index (κ3) is 3.52. The van der Waals surface area contributed by atoms with Gasteiger partial charge in [0.05, 0.1) is 11.1 Å². The molecule has 2 aromatic carbocycles. The topological polar surface area (TPSA) is 57.3 Å². The second-order valence-electron chi connectivity index (χ2n) is 7.73. The Morgan fingerprint density at radius 3 is 2.57 bits per heavy atom. The first-order valence-corrected chi connectivity index (χ1v) is 10.0. The van der Waals surface area contributed by atoms with Crippen molar-refractivity contribution in [3.63, 3.8) is 0 Å². The number of carbonyl (C=O) groups is 1. The lowest BCUT2D eigenvalue weighted by Gasteiger charge is -2.19. The molecular formula is C23H24N4O. The lowest BCUT2D eigenvalue weighted by Crippen LogP contribution is -2.27. The van der Waals surface area contributed by atoms with Gasteiger partial charge in [-0.15, -0.1) is 0 Å². The van der Waals surface area contributed by atoms with Crippen LogP contribution in [-0.4, -0.2) is 36.1 Å². The Morgan fingerprint density at radius 2 is 1.75 bits per heavy atom. The van der Waals surface area contributed by atoms with Crippen molar-refractivity contribution in [2.75, 3.05) is 23.3 Å². The van der Waals surface area contributed by atoms with E-state index in [4.69, 9.17) is 4.98 Å². The van der Waals surface area contributed by atoms with Crippen molar-refractivity contribution < 1.29 is 4.79 Å². The number of hydrogen-bond acceptors (Lipinski definition) is 4. The van der Waals surface area contributed by atoms with Gasteiger partial charge in [0.15, 0.2) is 0 Å². The fraction of sp³-hybridized carbons (Fsp3) is 0.304. The fourth-order valence-electron chi connectivity index (χ4n) is 3.89. The summed E-state index contributed by atoms with van der Waals surface area (Å²) in [6.45, 7) is 1.95. The summed E-state index contributed by atoms with van der Waals surface area (Å²) in [7, 11) is 0. The van der Waals surface area contributed by atoms with Crippen LogP contribution in [0.1, 0.15) is 29.6 Å². The molecule has 1 aliphatic carbocycles. The molecule has 2 aliphatic rings. The number of amides is 1. The minimum Gasteiger partial charge on any atom is -0.369 e. The maximum atomic E-state index is 12.8. The Balaban J connectivity index is 1.38. The van der Waals surface area contributed by atoms with Crippen LogP contribution in [-0.2, 0) is 0 Å². The number of rotatable bonds is 5. The lowest BCUT2D eigenvalue weighted by molar-refractivity contribution is 0.0952. The molecule has 1 saturated carbocycles. The van der Waals surface area contributed by atoms with Gasteiger partial charge in [-0.25, -0.2) is 4.98 Å². The molecule has 1 atom stereocenters. The SMILES string of the molecule is O=C(NC1CC1)c1cc(NC2CCN(c3ccccc3)C2)nc2ccccc12. The molecule has 1 amide bonds. The molecule has 2 N–H and O–H groups in total. The number of anilines is 2. The standard InChI is InChI=1S/C23H24N4O/c28-23(25-16-10-11-16)20-14-22(26-21-9-5-4-8-19(20)21)24-17-12-13-27(15-17)18-6-2-1-3-7-18/h1-9,14,16-17H,10-13,15H2,(H,24,26)(H,25,28). The molecule has 2 fully saturated rings. The molecule has 1 unspecified atom stereocenters. The first kappa shape index (κ1) is 17.0. The molecule has 0 spiro atoms. The summed E-state index contributed by atoms with van der Waals surface area (Å²) in [4.78, 5) is 19.9. The molecule has 5 heteroatoms. The van der Waals surface area contributed by atoms with Gasteiger partial charge >= 0.3 is 0 Å². The van der Waals surface area contributed by atoms with Gasteiger partial charge in [0, 0.05) is 36.2 Å². The molecule has 5 nitrogen and oxygen atoms in total. The zero-order valence-corrected chi connectivity index (χ0v) is 15.8.